The van der Waals surface area contributed by atoms with Gasteiger partial charge in [-0.05, 0) is 37.8 Å². The van der Waals surface area contributed by atoms with E-state index < -0.39 is 0 Å². The van der Waals surface area contributed by atoms with Gasteiger partial charge in [0.15, 0.2) is 6.10 Å². The lowest BCUT2D eigenvalue weighted by Gasteiger charge is -2.16. The molecule has 0 bridgehead atoms. The van der Waals surface area contributed by atoms with Crippen LogP contribution in [-0.2, 0) is 18.9 Å². The molecule has 0 fully saturated rings. The molecule has 0 aromatic carbocycles. The van der Waals surface area contributed by atoms with E-state index in [4.69, 9.17) is 14.4 Å². The fourth-order valence-electron chi connectivity index (χ4n) is 3.25. The Labute approximate surface area is 187 Å². The fourth-order valence-corrected chi connectivity index (χ4v) is 3.69. The van der Waals surface area contributed by atoms with Crippen molar-refractivity contribution in [3.8, 4) is 0 Å². The molecule has 1 N–H and O–H groups in total. The maximum absolute atomic E-state index is 12.2. The average Bonchev–Trinajstić information content (AvgIpc) is 3.26. The first-order chi connectivity index (χ1) is 14.3. The van der Waals surface area contributed by atoms with E-state index in [9.17, 15) is 4.79 Å². The van der Waals surface area contributed by atoms with Crippen LogP contribution >= 0.6 is 12.0 Å². The summed E-state index contributed by atoms with van der Waals surface area (Å²) in [4.78, 5) is 12.2. The molecule has 0 saturated carbocycles. The van der Waals surface area contributed by atoms with Crippen molar-refractivity contribution >= 4 is 18.0 Å². The fraction of sp³-hybridized carbons (Fsp3) is 0.783. The molecule has 0 saturated heterocycles. The average molecular weight is 447 g/mol. The van der Waals surface area contributed by atoms with Gasteiger partial charge < -0.3 is 9.15 Å². The zero-order valence-corrected chi connectivity index (χ0v) is 18.6. The number of ether oxygens (including phenoxy) is 1. The smallest absolute Gasteiger partial charge is 0.306 e. The second kappa shape index (κ2) is 21.2. The molecule has 0 amide bonds. The summed E-state index contributed by atoms with van der Waals surface area (Å²) < 4.78 is 15.4. The first-order valence-corrected chi connectivity index (χ1v) is 12.0. The van der Waals surface area contributed by atoms with Crippen LogP contribution in [0.4, 0.5) is 0 Å². The Bertz CT molecular complexity index is 480. The first-order valence-electron chi connectivity index (χ1n) is 11.1. The van der Waals surface area contributed by atoms with Gasteiger partial charge in [0.2, 0.25) is 0 Å². The monoisotopic (exact) mass is 446 g/mol. The number of esters is 1. The van der Waals surface area contributed by atoms with Crippen LogP contribution in [0.15, 0.2) is 22.8 Å². The van der Waals surface area contributed by atoms with Crippen molar-refractivity contribution in [3.63, 3.8) is 0 Å². The normalized spacial score (nSPS) is 11.8. The molecule has 1 atom stereocenters. The van der Waals surface area contributed by atoms with Crippen molar-refractivity contribution in [2.75, 3.05) is 5.75 Å². The maximum Gasteiger partial charge on any atom is 0.306 e. The topological polar surface area (TPSA) is 78.1 Å². The largest absolute Gasteiger partial charge is 0.465 e. The quantitative estimate of drug-likeness (QED) is 0.0713. The third-order valence-corrected chi connectivity index (χ3v) is 5.50. The second-order valence-corrected chi connectivity index (χ2v) is 8.17. The van der Waals surface area contributed by atoms with Gasteiger partial charge in [-0.25, -0.2) is 5.26 Å². The number of carbonyl (C=O) groups excluding carboxylic acids is 1. The highest BCUT2D eigenvalue weighted by atomic mass is 32.2. The van der Waals surface area contributed by atoms with Crippen molar-refractivity contribution in [3.05, 3.63) is 24.2 Å². The summed E-state index contributed by atoms with van der Waals surface area (Å²) in [5.74, 6) is 1.15. The van der Waals surface area contributed by atoms with E-state index in [1.165, 1.54) is 51.4 Å². The molecule has 0 aliphatic carbocycles. The Balaban J connectivity index is 0.00000841. The molecular weight excluding hydrogens is 404 g/mol. The molecule has 1 unspecified atom stereocenters. The van der Waals surface area contributed by atoms with Crippen LogP contribution in [0.1, 0.15) is 116 Å². The lowest BCUT2D eigenvalue weighted by Crippen LogP contribution is -2.11. The molecule has 1 aromatic rings. The van der Waals surface area contributed by atoms with E-state index in [1.807, 2.05) is 12.1 Å². The van der Waals surface area contributed by atoms with Crippen LogP contribution in [0.3, 0.4) is 0 Å². The Hall–Kier alpha value is -1.02. The lowest BCUT2D eigenvalue weighted by molar-refractivity contribution is -0.432. The molecule has 7 heteroatoms. The highest BCUT2D eigenvalue weighted by molar-refractivity contribution is 7.94. The van der Waals surface area contributed by atoms with Crippen molar-refractivity contribution in [2.45, 2.75) is 110 Å². The highest BCUT2D eigenvalue weighted by Gasteiger charge is 2.18. The number of furan rings is 1. The van der Waals surface area contributed by atoms with E-state index >= 15 is 0 Å². The van der Waals surface area contributed by atoms with E-state index in [1.54, 1.807) is 6.26 Å². The minimum absolute atomic E-state index is 0. The molecule has 0 spiro atoms. The van der Waals surface area contributed by atoms with Crippen molar-refractivity contribution in [1.29, 1.82) is 0 Å². The second-order valence-electron chi connectivity index (χ2n) is 7.39. The highest BCUT2D eigenvalue weighted by Crippen LogP contribution is 2.26. The lowest BCUT2D eigenvalue weighted by atomic mass is 10.0. The number of hydrogen-bond acceptors (Lipinski definition) is 7. The summed E-state index contributed by atoms with van der Waals surface area (Å²) >= 11 is 1.00. The van der Waals surface area contributed by atoms with Crippen LogP contribution in [0, 0.1) is 0 Å². The summed E-state index contributed by atoms with van der Waals surface area (Å²) in [7, 11) is 0. The Morgan fingerprint density at radius 1 is 1.03 bits per heavy atom. The number of carbonyl (C=O) groups is 1. The predicted molar refractivity (Wildman–Crippen MR) is 122 cm³/mol. The zero-order valence-electron chi connectivity index (χ0n) is 17.8. The van der Waals surface area contributed by atoms with Crippen LogP contribution < -0.4 is 0 Å². The zero-order chi connectivity index (χ0) is 21.0. The Morgan fingerprint density at radius 2 is 1.70 bits per heavy atom. The Kier molecular flexibility index (Phi) is 20.5. The minimum Gasteiger partial charge on any atom is -0.465 e. The van der Waals surface area contributed by atoms with Gasteiger partial charge in [0.05, 0.1) is 6.26 Å². The van der Waals surface area contributed by atoms with Crippen LogP contribution in [-0.4, -0.2) is 17.0 Å². The van der Waals surface area contributed by atoms with Crippen LogP contribution in [0.25, 0.3) is 0 Å². The van der Waals surface area contributed by atoms with Gasteiger partial charge in [0.25, 0.3) is 0 Å². The van der Waals surface area contributed by atoms with Crippen molar-refractivity contribution < 1.29 is 28.6 Å². The minimum atomic E-state index is -0.299. The number of rotatable bonds is 20. The maximum atomic E-state index is 12.2. The third kappa shape index (κ3) is 15.8. The van der Waals surface area contributed by atoms with Crippen molar-refractivity contribution in [1.82, 2.24) is 0 Å². The number of hydrogen-bond donors (Lipinski definition) is 1. The predicted octanol–water partition coefficient (Wildman–Crippen LogP) is 8.05. The van der Waals surface area contributed by atoms with Gasteiger partial charge in [0, 0.05) is 24.2 Å². The molecule has 1 heterocycles. The summed E-state index contributed by atoms with van der Waals surface area (Å²) in [6, 6.07) is 3.70. The molecule has 6 nitrogen and oxygen atoms in total. The molecule has 30 heavy (non-hydrogen) atoms. The molecule has 0 aliphatic rings. The molecule has 176 valence electrons. The van der Waals surface area contributed by atoms with E-state index in [0.29, 0.717) is 18.6 Å². The van der Waals surface area contributed by atoms with E-state index in [-0.39, 0.29) is 19.5 Å². The number of unbranched alkanes of at least 4 members (excludes halogenated alkanes) is 10. The SMILES string of the molecule is C.CCCCCCCCCCCCC(OC(=O)CCCCSOOO)c1ccco1. The van der Waals surface area contributed by atoms with Gasteiger partial charge in [-0.15, -0.1) is 4.33 Å². The van der Waals surface area contributed by atoms with Gasteiger partial charge >= 0.3 is 5.97 Å². The Morgan fingerprint density at radius 3 is 2.30 bits per heavy atom. The molecule has 0 aliphatic heterocycles. The van der Waals surface area contributed by atoms with E-state index in [0.717, 1.165) is 43.5 Å². The van der Waals surface area contributed by atoms with Gasteiger partial charge in [-0.2, -0.15) is 0 Å². The van der Waals surface area contributed by atoms with Crippen LogP contribution in [0.5, 0.6) is 0 Å². The summed E-state index contributed by atoms with van der Waals surface area (Å²) in [6.45, 7) is 2.25. The molecule has 0 radical (unpaired) electrons. The summed E-state index contributed by atoms with van der Waals surface area (Å²) in [5, 5.41) is 11.6. The first kappa shape index (κ1) is 29.0. The van der Waals surface area contributed by atoms with Gasteiger partial charge in [-0.3, -0.25) is 4.79 Å². The summed E-state index contributed by atoms with van der Waals surface area (Å²) in [5.41, 5.74) is 0. The third-order valence-electron chi connectivity index (χ3n) is 4.89. The summed E-state index contributed by atoms with van der Waals surface area (Å²) in [6.07, 6.45) is 16.7. The molecule has 1 rings (SSSR count). The molecular formula is C23H42O6S. The van der Waals surface area contributed by atoms with E-state index in [2.05, 4.69) is 16.3 Å². The van der Waals surface area contributed by atoms with Gasteiger partial charge in [-0.1, -0.05) is 77.2 Å². The van der Waals surface area contributed by atoms with Gasteiger partial charge in [0.1, 0.15) is 5.76 Å². The molecule has 1 aromatic heterocycles. The standard InChI is InChI=1S/C22H38O6S.CH4/c1-2-3-4-5-6-7-8-9-10-11-15-21(20-16-14-18-25-20)26-22(23)17-12-13-19-29-28-27-24;/h14,16,18,21,24H,2-13,15,17,19H2,1H3;1H4. The van der Waals surface area contributed by atoms with Crippen LogP contribution in [0.2, 0.25) is 0 Å². The van der Waals surface area contributed by atoms with Crippen molar-refractivity contribution in [2.24, 2.45) is 0 Å².